The topological polar surface area (TPSA) is 42.7 Å². The quantitative estimate of drug-likeness (QED) is 0.909. The maximum Gasteiger partial charge on any atom is 0.187 e. The predicted molar refractivity (Wildman–Crippen MR) is 103 cm³/mol. The van der Waals surface area contributed by atoms with Crippen molar-refractivity contribution in [2.24, 2.45) is 0 Å². The number of morpholine rings is 1. The van der Waals surface area contributed by atoms with Gasteiger partial charge in [0, 0.05) is 18.0 Å². The van der Waals surface area contributed by atoms with Crippen molar-refractivity contribution in [2.75, 3.05) is 44.3 Å². The maximum atomic E-state index is 5.49. The molecule has 0 saturated carbocycles. The van der Waals surface area contributed by atoms with E-state index < -0.39 is 0 Å². The van der Waals surface area contributed by atoms with E-state index in [1.54, 1.807) is 0 Å². The van der Waals surface area contributed by atoms with Crippen LogP contribution in [0.5, 0.6) is 0 Å². The number of aryl methyl sites for hydroxylation is 2. The van der Waals surface area contributed by atoms with E-state index in [0.717, 1.165) is 51.8 Å². The lowest BCUT2D eigenvalue weighted by Crippen LogP contribution is -3.12. The van der Waals surface area contributed by atoms with E-state index in [4.69, 9.17) is 14.7 Å². The van der Waals surface area contributed by atoms with Gasteiger partial charge < -0.3 is 14.5 Å². The van der Waals surface area contributed by atoms with Gasteiger partial charge in [-0.1, -0.05) is 12.8 Å². The van der Waals surface area contributed by atoms with Crippen LogP contribution in [-0.4, -0.2) is 49.4 Å². The highest BCUT2D eigenvalue weighted by atomic mass is 32.1. The summed E-state index contributed by atoms with van der Waals surface area (Å²) in [7, 11) is 0. The lowest BCUT2D eigenvalue weighted by Gasteiger charge is -2.25. The summed E-state index contributed by atoms with van der Waals surface area (Å²) in [5.74, 6) is 2.20. The van der Waals surface area contributed by atoms with Crippen molar-refractivity contribution >= 4 is 27.4 Å². The highest BCUT2D eigenvalue weighted by Crippen LogP contribution is 2.35. The fourth-order valence-corrected chi connectivity index (χ4v) is 4.96. The average Bonchev–Trinajstić information content (AvgIpc) is 2.82. The van der Waals surface area contributed by atoms with Gasteiger partial charge in [-0.2, -0.15) is 0 Å². The van der Waals surface area contributed by atoms with E-state index in [2.05, 4.69) is 18.7 Å². The standard InChI is InChI=1S/C19H28N4OS/c1-14-15(2)25-19-17(14)18(23-7-5-3-4-6-8-23)20-16(21-19)13-22-9-11-24-12-10-22/h3-13H2,1-2H3/p+1. The SMILES string of the molecule is Cc1sc2nc(C[NH+]3CCOCC3)nc(N3CCCCCC3)c2c1C. The van der Waals surface area contributed by atoms with Crippen LogP contribution in [0.4, 0.5) is 5.82 Å². The summed E-state index contributed by atoms with van der Waals surface area (Å²) in [6.45, 7) is 11.4. The smallest absolute Gasteiger partial charge is 0.187 e. The van der Waals surface area contributed by atoms with Crippen LogP contribution in [-0.2, 0) is 11.3 Å². The molecule has 4 rings (SSSR count). The Morgan fingerprint density at radius 3 is 2.48 bits per heavy atom. The zero-order valence-electron chi connectivity index (χ0n) is 15.4. The van der Waals surface area contributed by atoms with Crippen LogP contribution < -0.4 is 9.80 Å². The highest BCUT2D eigenvalue weighted by Gasteiger charge is 2.22. The molecule has 5 nitrogen and oxygen atoms in total. The average molecular weight is 362 g/mol. The first-order valence-corrected chi connectivity index (χ1v) is 10.5. The largest absolute Gasteiger partial charge is 0.370 e. The first-order chi connectivity index (χ1) is 12.2. The number of nitrogens with zero attached hydrogens (tertiary/aromatic N) is 3. The molecule has 0 atom stereocenters. The molecule has 136 valence electrons. The van der Waals surface area contributed by atoms with Gasteiger partial charge in [-0.15, -0.1) is 11.3 Å². The van der Waals surface area contributed by atoms with Gasteiger partial charge in [0.05, 0.1) is 18.6 Å². The molecule has 25 heavy (non-hydrogen) atoms. The van der Waals surface area contributed by atoms with Crippen molar-refractivity contribution in [3.05, 3.63) is 16.3 Å². The van der Waals surface area contributed by atoms with Gasteiger partial charge in [-0.3, -0.25) is 0 Å². The van der Waals surface area contributed by atoms with Crippen molar-refractivity contribution < 1.29 is 9.64 Å². The number of anilines is 1. The van der Waals surface area contributed by atoms with Gasteiger partial charge in [-0.25, -0.2) is 9.97 Å². The molecule has 2 aliphatic heterocycles. The number of quaternary nitrogens is 1. The summed E-state index contributed by atoms with van der Waals surface area (Å²) in [6.07, 6.45) is 5.24. The second-order valence-electron chi connectivity index (χ2n) is 7.37. The normalized spacial score (nSPS) is 20.2. The molecule has 0 amide bonds. The van der Waals surface area contributed by atoms with Gasteiger partial charge >= 0.3 is 0 Å². The van der Waals surface area contributed by atoms with Crippen LogP contribution >= 0.6 is 11.3 Å². The minimum Gasteiger partial charge on any atom is -0.370 e. The van der Waals surface area contributed by atoms with Crippen molar-refractivity contribution in [2.45, 2.75) is 46.1 Å². The van der Waals surface area contributed by atoms with Gasteiger partial charge in [-0.05, 0) is 32.3 Å². The molecule has 0 aliphatic carbocycles. The van der Waals surface area contributed by atoms with E-state index in [0.29, 0.717) is 0 Å². The first kappa shape index (κ1) is 17.2. The maximum absolute atomic E-state index is 5.49. The number of fused-ring (bicyclic) bond motifs is 1. The van der Waals surface area contributed by atoms with E-state index in [1.165, 1.54) is 57.1 Å². The Balaban J connectivity index is 1.72. The Morgan fingerprint density at radius 2 is 1.76 bits per heavy atom. The Bertz CT molecular complexity index is 731. The number of rotatable bonds is 3. The molecule has 0 spiro atoms. The molecule has 6 heteroatoms. The van der Waals surface area contributed by atoms with Crippen molar-refractivity contribution in [3.8, 4) is 0 Å². The molecular formula is C19H29N4OS+. The minimum atomic E-state index is 0.855. The number of nitrogens with one attached hydrogen (secondary N) is 1. The molecule has 1 N–H and O–H groups in total. The second kappa shape index (κ2) is 7.56. The van der Waals surface area contributed by atoms with Crippen LogP contribution in [0.2, 0.25) is 0 Å². The van der Waals surface area contributed by atoms with Crippen LogP contribution in [0.15, 0.2) is 0 Å². The molecule has 0 unspecified atom stereocenters. The van der Waals surface area contributed by atoms with Crippen molar-refractivity contribution in [3.63, 3.8) is 0 Å². The highest BCUT2D eigenvalue weighted by molar-refractivity contribution is 7.18. The van der Waals surface area contributed by atoms with Crippen molar-refractivity contribution in [1.82, 2.24) is 9.97 Å². The number of thiophene rings is 1. The zero-order chi connectivity index (χ0) is 17.2. The first-order valence-electron chi connectivity index (χ1n) is 9.65. The minimum absolute atomic E-state index is 0.855. The summed E-state index contributed by atoms with van der Waals surface area (Å²) in [5.41, 5.74) is 1.37. The zero-order valence-corrected chi connectivity index (χ0v) is 16.3. The monoisotopic (exact) mass is 361 g/mol. The summed E-state index contributed by atoms with van der Waals surface area (Å²) in [6, 6.07) is 0. The number of hydrogen-bond acceptors (Lipinski definition) is 5. The molecule has 2 saturated heterocycles. The third-order valence-corrected chi connectivity index (χ3v) is 6.67. The number of aromatic nitrogens is 2. The molecule has 2 fully saturated rings. The van der Waals surface area contributed by atoms with Crippen LogP contribution in [0.1, 0.15) is 41.9 Å². The molecule has 0 bridgehead atoms. The molecule has 2 aromatic rings. The Labute approximate surface area is 154 Å². The molecule has 4 heterocycles. The van der Waals surface area contributed by atoms with Crippen LogP contribution in [0, 0.1) is 13.8 Å². The van der Waals surface area contributed by atoms with E-state index >= 15 is 0 Å². The van der Waals surface area contributed by atoms with Crippen LogP contribution in [0.3, 0.4) is 0 Å². The van der Waals surface area contributed by atoms with E-state index in [1.807, 2.05) is 11.3 Å². The van der Waals surface area contributed by atoms with E-state index in [9.17, 15) is 0 Å². The molecule has 2 aliphatic rings. The Kier molecular flexibility index (Phi) is 5.20. The van der Waals surface area contributed by atoms with Crippen molar-refractivity contribution in [1.29, 1.82) is 0 Å². The van der Waals surface area contributed by atoms with Gasteiger partial charge in [0.2, 0.25) is 0 Å². The summed E-state index contributed by atoms with van der Waals surface area (Å²) >= 11 is 1.83. The summed E-state index contributed by atoms with van der Waals surface area (Å²) < 4.78 is 5.49. The number of hydrogen-bond donors (Lipinski definition) is 1. The molecule has 0 radical (unpaired) electrons. The van der Waals surface area contributed by atoms with E-state index in [-0.39, 0.29) is 0 Å². The van der Waals surface area contributed by atoms with Gasteiger partial charge in [0.1, 0.15) is 30.3 Å². The third-order valence-electron chi connectivity index (χ3n) is 5.57. The second-order valence-corrected chi connectivity index (χ2v) is 8.57. The lowest BCUT2D eigenvalue weighted by atomic mass is 10.2. The summed E-state index contributed by atoms with van der Waals surface area (Å²) in [4.78, 5) is 16.6. The fraction of sp³-hybridized carbons (Fsp3) is 0.684. The van der Waals surface area contributed by atoms with Gasteiger partial charge in [0.25, 0.3) is 0 Å². The molecule has 2 aromatic heterocycles. The van der Waals surface area contributed by atoms with Crippen LogP contribution in [0.25, 0.3) is 10.2 Å². The Hall–Kier alpha value is -1.24. The lowest BCUT2D eigenvalue weighted by molar-refractivity contribution is -0.922. The predicted octanol–water partition coefficient (Wildman–Crippen LogP) is 2.10. The van der Waals surface area contributed by atoms with Gasteiger partial charge in [0.15, 0.2) is 5.82 Å². The molecule has 0 aromatic carbocycles. The number of ether oxygens (including phenoxy) is 1. The Morgan fingerprint density at radius 1 is 1.04 bits per heavy atom. The third kappa shape index (κ3) is 3.66. The molecular weight excluding hydrogens is 332 g/mol. The summed E-state index contributed by atoms with van der Waals surface area (Å²) in [5, 5.41) is 1.30. The fourth-order valence-electron chi connectivity index (χ4n) is 3.92.